The lowest BCUT2D eigenvalue weighted by atomic mass is 10.3. The molecule has 1 heterocycles. The summed E-state index contributed by atoms with van der Waals surface area (Å²) >= 11 is 20.0. The van der Waals surface area contributed by atoms with Gasteiger partial charge in [-0.1, -0.05) is 23.2 Å². The Morgan fingerprint density at radius 3 is 2.65 bits per heavy atom. The van der Waals surface area contributed by atoms with Gasteiger partial charge in [-0.15, -0.1) is 0 Å². The molecule has 0 fully saturated rings. The van der Waals surface area contributed by atoms with Gasteiger partial charge in [0.05, 0.1) is 10.7 Å². The summed E-state index contributed by atoms with van der Waals surface area (Å²) in [6.07, 6.45) is 0. The number of carbonyl (C=O) groups excluding carboxylic acids is 1. The molecule has 1 amide bonds. The summed E-state index contributed by atoms with van der Waals surface area (Å²) in [7, 11) is 0. The van der Waals surface area contributed by atoms with Crippen LogP contribution in [0.25, 0.3) is 0 Å². The lowest BCUT2D eigenvalue weighted by molar-refractivity contribution is 0.0949. The molecule has 20 heavy (non-hydrogen) atoms. The maximum absolute atomic E-state index is 11.8. The molecule has 0 saturated carbocycles. The Labute approximate surface area is 138 Å². The van der Waals surface area contributed by atoms with E-state index in [1.165, 1.54) is 6.07 Å². The van der Waals surface area contributed by atoms with E-state index in [0.29, 0.717) is 20.4 Å². The average Bonchev–Trinajstić information content (AvgIpc) is 2.80. The number of rotatable bonds is 2. The second-order valence-corrected chi connectivity index (χ2v) is 5.67. The third-order valence-corrected chi connectivity index (χ3v) is 3.40. The molecule has 104 valence electrons. The molecule has 0 aliphatic rings. The molecule has 1 aromatic heterocycles. The van der Waals surface area contributed by atoms with Gasteiger partial charge in [-0.2, -0.15) is 0 Å². The fourth-order valence-corrected chi connectivity index (χ4v) is 2.19. The number of benzene rings is 1. The second-order valence-electron chi connectivity index (χ2n) is 3.64. The number of amides is 1. The van der Waals surface area contributed by atoms with Gasteiger partial charge in [0.2, 0.25) is 0 Å². The molecule has 2 rings (SSSR count). The lowest BCUT2D eigenvalue weighted by Gasteiger charge is -2.10. The highest BCUT2D eigenvalue weighted by Gasteiger charge is 2.12. The number of furan rings is 1. The van der Waals surface area contributed by atoms with Crippen molar-refractivity contribution in [1.29, 1.82) is 0 Å². The van der Waals surface area contributed by atoms with Crippen molar-refractivity contribution in [2.75, 3.05) is 5.32 Å². The van der Waals surface area contributed by atoms with Crippen LogP contribution in [0.4, 0.5) is 5.69 Å². The van der Waals surface area contributed by atoms with Crippen molar-refractivity contribution in [1.82, 2.24) is 5.32 Å². The van der Waals surface area contributed by atoms with Gasteiger partial charge in [-0.3, -0.25) is 10.1 Å². The van der Waals surface area contributed by atoms with Gasteiger partial charge in [0.25, 0.3) is 5.91 Å². The number of hydrogen-bond donors (Lipinski definition) is 2. The van der Waals surface area contributed by atoms with Crippen LogP contribution in [0.5, 0.6) is 0 Å². The number of hydrogen-bond acceptors (Lipinski definition) is 3. The normalized spacial score (nSPS) is 10.2. The molecule has 0 radical (unpaired) electrons. The van der Waals surface area contributed by atoms with Crippen molar-refractivity contribution < 1.29 is 9.21 Å². The molecule has 0 aliphatic heterocycles. The van der Waals surface area contributed by atoms with Gasteiger partial charge in [0.1, 0.15) is 0 Å². The Bertz CT molecular complexity index is 675. The molecule has 0 aliphatic carbocycles. The SMILES string of the molecule is O=C(NC(=S)Nc1cc(Cl)ccc1Cl)c1ccc(Br)o1. The van der Waals surface area contributed by atoms with Gasteiger partial charge in [-0.25, -0.2) is 0 Å². The van der Waals surface area contributed by atoms with E-state index in [1.54, 1.807) is 24.3 Å². The van der Waals surface area contributed by atoms with E-state index < -0.39 is 5.91 Å². The molecule has 2 aromatic rings. The predicted molar refractivity (Wildman–Crippen MR) is 86.6 cm³/mol. The van der Waals surface area contributed by atoms with Gasteiger partial charge in [0.15, 0.2) is 15.5 Å². The highest BCUT2D eigenvalue weighted by Crippen LogP contribution is 2.25. The van der Waals surface area contributed by atoms with E-state index in [-0.39, 0.29) is 10.9 Å². The van der Waals surface area contributed by atoms with E-state index in [0.717, 1.165) is 0 Å². The van der Waals surface area contributed by atoms with Gasteiger partial charge in [0, 0.05) is 5.02 Å². The van der Waals surface area contributed by atoms with Crippen LogP contribution in [0, 0.1) is 0 Å². The van der Waals surface area contributed by atoms with Gasteiger partial charge < -0.3 is 9.73 Å². The molecule has 0 atom stereocenters. The minimum atomic E-state index is -0.466. The molecule has 8 heteroatoms. The van der Waals surface area contributed by atoms with Crippen LogP contribution >= 0.6 is 51.3 Å². The van der Waals surface area contributed by atoms with Crippen molar-refractivity contribution in [2.45, 2.75) is 0 Å². The van der Waals surface area contributed by atoms with Crippen LogP contribution in [0.15, 0.2) is 39.4 Å². The zero-order chi connectivity index (χ0) is 14.7. The van der Waals surface area contributed by atoms with Crippen LogP contribution in [0.1, 0.15) is 10.6 Å². The molecule has 0 unspecified atom stereocenters. The van der Waals surface area contributed by atoms with Crippen LogP contribution in [0.3, 0.4) is 0 Å². The zero-order valence-corrected chi connectivity index (χ0v) is 13.7. The Morgan fingerprint density at radius 1 is 1.25 bits per heavy atom. The minimum absolute atomic E-state index is 0.0895. The van der Waals surface area contributed by atoms with Gasteiger partial charge in [-0.05, 0) is 58.5 Å². The molecule has 0 bridgehead atoms. The van der Waals surface area contributed by atoms with E-state index in [9.17, 15) is 4.79 Å². The summed E-state index contributed by atoms with van der Waals surface area (Å²) < 4.78 is 5.57. The highest BCUT2D eigenvalue weighted by atomic mass is 79.9. The van der Waals surface area contributed by atoms with Crippen LogP contribution in [-0.2, 0) is 0 Å². The summed E-state index contributed by atoms with van der Waals surface area (Å²) in [6, 6.07) is 8.01. The molecule has 2 N–H and O–H groups in total. The fraction of sp³-hybridized carbons (Fsp3) is 0. The first-order chi connectivity index (χ1) is 9.45. The van der Waals surface area contributed by atoms with Crippen LogP contribution < -0.4 is 10.6 Å². The standard InChI is InChI=1S/C12H7BrCl2N2O2S/c13-10-4-3-9(19-10)11(18)17-12(20)16-8-5-6(14)1-2-7(8)15/h1-5H,(H2,16,17,18,20). The van der Waals surface area contributed by atoms with Crippen molar-refractivity contribution in [3.05, 3.63) is 50.8 Å². The van der Waals surface area contributed by atoms with Crippen molar-refractivity contribution in [3.63, 3.8) is 0 Å². The van der Waals surface area contributed by atoms with E-state index in [2.05, 4.69) is 26.6 Å². The Balaban J connectivity index is 2.02. The summed E-state index contributed by atoms with van der Waals surface area (Å²) in [4.78, 5) is 11.8. The second kappa shape index (κ2) is 6.58. The minimum Gasteiger partial charge on any atom is -0.444 e. The summed E-state index contributed by atoms with van der Waals surface area (Å²) in [5.74, 6) is -0.329. The van der Waals surface area contributed by atoms with Crippen LogP contribution in [0.2, 0.25) is 10.0 Å². The fourth-order valence-electron chi connectivity index (χ4n) is 1.35. The molecule has 1 aromatic carbocycles. The average molecular weight is 394 g/mol. The largest absolute Gasteiger partial charge is 0.444 e. The number of thiocarbonyl (C=S) groups is 1. The molecule has 0 spiro atoms. The third-order valence-electron chi connectivity index (χ3n) is 2.20. The number of nitrogens with one attached hydrogen (secondary N) is 2. The van der Waals surface area contributed by atoms with Crippen molar-refractivity contribution in [3.8, 4) is 0 Å². The molecular weight excluding hydrogens is 387 g/mol. The van der Waals surface area contributed by atoms with E-state index in [4.69, 9.17) is 39.8 Å². The predicted octanol–water partition coefficient (Wildman–Crippen LogP) is 4.48. The Morgan fingerprint density at radius 2 is 2.00 bits per heavy atom. The van der Waals surface area contributed by atoms with Crippen molar-refractivity contribution >= 4 is 68.1 Å². The highest BCUT2D eigenvalue weighted by molar-refractivity contribution is 9.10. The quantitative estimate of drug-likeness (QED) is 0.738. The first kappa shape index (κ1) is 15.3. The maximum Gasteiger partial charge on any atom is 0.293 e. The summed E-state index contributed by atoms with van der Waals surface area (Å²) in [5, 5.41) is 6.29. The first-order valence-corrected chi connectivity index (χ1v) is 7.24. The van der Waals surface area contributed by atoms with Crippen LogP contribution in [-0.4, -0.2) is 11.0 Å². The molecular formula is C12H7BrCl2N2O2S. The topological polar surface area (TPSA) is 54.3 Å². The molecule has 0 saturated heterocycles. The van der Waals surface area contributed by atoms with E-state index >= 15 is 0 Å². The first-order valence-electron chi connectivity index (χ1n) is 5.28. The smallest absolute Gasteiger partial charge is 0.293 e. The maximum atomic E-state index is 11.8. The monoisotopic (exact) mass is 392 g/mol. The zero-order valence-electron chi connectivity index (χ0n) is 9.75. The number of halogens is 3. The molecule has 4 nitrogen and oxygen atoms in total. The summed E-state index contributed by atoms with van der Waals surface area (Å²) in [6.45, 7) is 0. The number of carbonyl (C=O) groups is 1. The lowest BCUT2D eigenvalue weighted by Crippen LogP contribution is -2.33. The Hall–Kier alpha value is -1.08. The number of anilines is 1. The van der Waals surface area contributed by atoms with Gasteiger partial charge >= 0.3 is 0 Å². The van der Waals surface area contributed by atoms with Crippen molar-refractivity contribution in [2.24, 2.45) is 0 Å². The third kappa shape index (κ3) is 3.96. The Kier molecular flexibility index (Phi) is 5.04. The van der Waals surface area contributed by atoms with E-state index in [1.807, 2.05) is 0 Å². The summed E-state index contributed by atoms with van der Waals surface area (Å²) in [5.41, 5.74) is 0.505.